The van der Waals surface area contributed by atoms with Crippen LogP contribution in [0.25, 0.3) is 10.2 Å². The molecule has 49 heavy (non-hydrogen) atoms. The molecule has 1 N–H and O–H groups in total. The number of hydrazone groups is 1. The summed E-state index contributed by atoms with van der Waals surface area (Å²) in [6.07, 6.45) is 12.3. The molecular formula is C39H45N3O6S. The number of fused-ring (bicyclic) bond motifs is 1. The number of nitrogens with one attached hydrogen (secondary N) is 1. The number of esters is 2. The fraction of sp³-hybridized carbons (Fsp3) is 0.385. The van der Waals surface area contributed by atoms with E-state index in [0.717, 1.165) is 74.6 Å². The number of aromatic nitrogens is 1. The second-order valence-corrected chi connectivity index (χ2v) is 13.2. The molecule has 1 aliphatic carbocycles. The molecule has 1 aliphatic rings. The lowest BCUT2D eigenvalue weighted by molar-refractivity contribution is -0.140. The van der Waals surface area contributed by atoms with E-state index in [2.05, 4.69) is 29.0 Å². The van der Waals surface area contributed by atoms with Crippen molar-refractivity contribution in [2.45, 2.75) is 64.7 Å². The lowest BCUT2D eigenvalue weighted by Gasteiger charge is -2.26. The second kappa shape index (κ2) is 18.9. The lowest BCUT2D eigenvalue weighted by Crippen LogP contribution is -2.25. The van der Waals surface area contributed by atoms with E-state index in [0.29, 0.717) is 52.6 Å². The summed E-state index contributed by atoms with van der Waals surface area (Å²) in [7, 11) is 0. The zero-order chi connectivity index (χ0) is 34.3. The van der Waals surface area contributed by atoms with Crippen LogP contribution in [0.1, 0.15) is 80.6 Å². The minimum atomic E-state index is -0.516. The van der Waals surface area contributed by atoms with Gasteiger partial charge in [0.05, 0.1) is 41.1 Å². The maximum atomic E-state index is 13.1. The highest BCUT2D eigenvalue weighted by molar-refractivity contribution is 7.22. The van der Waals surface area contributed by atoms with Crippen molar-refractivity contribution >= 4 is 44.8 Å². The van der Waals surface area contributed by atoms with Gasteiger partial charge in [-0.3, -0.25) is 10.2 Å². The first kappa shape index (κ1) is 35.8. The van der Waals surface area contributed by atoms with Gasteiger partial charge in [0.1, 0.15) is 17.2 Å². The topological polar surface area (TPSA) is 108 Å². The number of carbonyl (C=O) groups is 2. The first-order chi connectivity index (χ1) is 24.0. The van der Waals surface area contributed by atoms with E-state index in [1.54, 1.807) is 54.8 Å². The van der Waals surface area contributed by atoms with Gasteiger partial charge in [0, 0.05) is 12.2 Å². The normalized spacial score (nSPS) is 16.0. The summed E-state index contributed by atoms with van der Waals surface area (Å²) < 4.78 is 23.9. The van der Waals surface area contributed by atoms with Gasteiger partial charge in [-0.2, -0.15) is 5.10 Å². The molecule has 0 amide bonds. The number of carbonyl (C=O) groups excluding carboxylic acids is 2. The van der Waals surface area contributed by atoms with Crippen molar-refractivity contribution in [3.8, 4) is 17.2 Å². The van der Waals surface area contributed by atoms with Gasteiger partial charge in [0.25, 0.3) is 0 Å². The third-order valence-electron chi connectivity index (χ3n) is 8.59. The van der Waals surface area contributed by atoms with Crippen LogP contribution in [0, 0.1) is 11.8 Å². The molecule has 1 heterocycles. The highest BCUT2D eigenvalue weighted by atomic mass is 32.1. The van der Waals surface area contributed by atoms with Crippen molar-refractivity contribution in [2.75, 3.05) is 25.2 Å². The van der Waals surface area contributed by atoms with Crippen molar-refractivity contribution in [1.82, 2.24) is 4.98 Å². The molecule has 5 rings (SSSR count). The van der Waals surface area contributed by atoms with Gasteiger partial charge in [-0.1, -0.05) is 49.3 Å². The summed E-state index contributed by atoms with van der Waals surface area (Å²) in [6.45, 7) is 7.79. The molecule has 0 radical (unpaired) electrons. The summed E-state index contributed by atoms with van der Waals surface area (Å²) in [5.41, 5.74) is 4.72. The molecule has 0 bridgehead atoms. The zero-order valence-corrected chi connectivity index (χ0v) is 28.9. The van der Waals surface area contributed by atoms with Gasteiger partial charge in [0.2, 0.25) is 5.13 Å². The first-order valence-corrected chi connectivity index (χ1v) is 18.0. The van der Waals surface area contributed by atoms with E-state index in [4.69, 9.17) is 18.9 Å². The third kappa shape index (κ3) is 11.0. The van der Waals surface area contributed by atoms with Crippen LogP contribution in [-0.4, -0.2) is 43.0 Å². The van der Waals surface area contributed by atoms with Gasteiger partial charge in [-0.05, 0) is 105 Å². The van der Waals surface area contributed by atoms with Crippen LogP contribution in [0.4, 0.5) is 5.13 Å². The van der Waals surface area contributed by atoms with Crippen LogP contribution in [-0.2, 0) is 9.53 Å². The average molecular weight is 684 g/mol. The summed E-state index contributed by atoms with van der Waals surface area (Å²) in [5.74, 6) is 1.11. The smallest absolute Gasteiger partial charge is 0.343 e. The number of rotatable bonds is 18. The SMILES string of the molecule is C=CCOCCCCCCOc1ccc(C(=O)Oc2ccc(OC(=O)C3CCC(CC)CC3)c(C=NNc3nc4ccccc4s3)c2)cc1. The Morgan fingerprint density at radius 2 is 1.69 bits per heavy atom. The van der Waals surface area contributed by atoms with E-state index >= 15 is 0 Å². The third-order valence-corrected chi connectivity index (χ3v) is 9.54. The van der Waals surface area contributed by atoms with Crippen molar-refractivity contribution in [1.29, 1.82) is 0 Å². The van der Waals surface area contributed by atoms with Crippen molar-refractivity contribution in [3.63, 3.8) is 0 Å². The maximum Gasteiger partial charge on any atom is 0.343 e. The molecule has 1 saturated carbocycles. The van der Waals surface area contributed by atoms with E-state index in [1.165, 1.54) is 11.3 Å². The molecule has 1 fully saturated rings. The highest BCUT2D eigenvalue weighted by Crippen LogP contribution is 2.33. The lowest BCUT2D eigenvalue weighted by atomic mass is 9.81. The summed E-state index contributed by atoms with van der Waals surface area (Å²) in [4.78, 5) is 30.7. The number of hydrogen-bond donors (Lipinski definition) is 1. The van der Waals surface area contributed by atoms with Crippen LogP contribution >= 0.6 is 11.3 Å². The van der Waals surface area contributed by atoms with Gasteiger partial charge < -0.3 is 18.9 Å². The molecule has 0 spiro atoms. The largest absolute Gasteiger partial charge is 0.494 e. The number of para-hydroxylation sites is 1. The summed E-state index contributed by atoms with van der Waals surface area (Å²) >= 11 is 1.48. The zero-order valence-electron chi connectivity index (χ0n) is 28.1. The number of benzene rings is 3. The standard InChI is InChI=1S/C39H45N3O6S/c1-3-23-45-24-9-5-6-10-25-46-32-19-17-30(18-20-32)37(43)47-33-21-22-35(48-38(44)29-15-13-28(4-2)14-16-29)31(26-33)27-40-42-39-41-34-11-7-8-12-36(34)49-39/h3,7-8,11-12,17-22,26-29H,1,4-6,9-10,13-16,23-25H2,2H3,(H,41,42). The van der Waals surface area contributed by atoms with E-state index in [9.17, 15) is 9.59 Å². The molecule has 3 aromatic carbocycles. The van der Waals surface area contributed by atoms with E-state index in [-0.39, 0.29) is 11.9 Å². The predicted octanol–water partition coefficient (Wildman–Crippen LogP) is 9.23. The van der Waals surface area contributed by atoms with Gasteiger partial charge in [-0.25, -0.2) is 9.78 Å². The van der Waals surface area contributed by atoms with Crippen LogP contribution < -0.4 is 19.6 Å². The molecule has 0 unspecified atom stereocenters. The summed E-state index contributed by atoms with van der Waals surface area (Å²) in [6, 6.07) is 19.6. The highest BCUT2D eigenvalue weighted by Gasteiger charge is 2.27. The Labute approximate surface area is 292 Å². The Kier molecular flexibility index (Phi) is 13.8. The summed E-state index contributed by atoms with van der Waals surface area (Å²) in [5, 5.41) is 5.00. The minimum absolute atomic E-state index is 0.134. The van der Waals surface area contributed by atoms with Crippen LogP contribution in [0.3, 0.4) is 0 Å². The molecule has 9 nitrogen and oxygen atoms in total. The molecule has 0 aliphatic heterocycles. The minimum Gasteiger partial charge on any atom is -0.494 e. The molecule has 10 heteroatoms. The Morgan fingerprint density at radius 1 is 0.939 bits per heavy atom. The Balaban J connectivity index is 1.19. The van der Waals surface area contributed by atoms with Crippen molar-refractivity contribution in [2.24, 2.45) is 16.9 Å². The van der Waals surface area contributed by atoms with Crippen LogP contribution in [0.15, 0.2) is 84.5 Å². The monoisotopic (exact) mass is 683 g/mol. The number of nitrogens with zero attached hydrogens (tertiary/aromatic N) is 2. The number of hydrogen-bond acceptors (Lipinski definition) is 10. The molecule has 1 aromatic heterocycles. The average Bonchev–Trinajstić information content (AvgIpc) is 3.55. The number of thiazole rings is 1. The molecule has 258 valence electrons. The van der Waals surface area contributed by atoms with Crippen LogP contribution in [0.2, 0.25) is 0 Å². The van der Waals surface area contributed by atoms with Crippen molar-refractivity contribution in [3.05, 3.63) is 90.5 Å². The Hall–Kier alpha value is -4.54. The molecule has 0 saturated heterocycles. The first-order valence-electron chi connectivity index (χ1n) is 17.2. The predicted molar refractivity (Wildman–Crippen MR) is 195 cm³/mol. The van der Waals surface area contributed by atoms with Gasteiger partial charge >= 0.3 is 11.9 Å². The maximum absolute atomic E-state index is 13.1. The number of anilines is 1. The van der Waals surface area contributed by atoms with Gasteiger partial charge in [0.15, 0.2) is 0 Å². The quantitative estimate of drug-likeness (QED) is 0.0276. The van der Waals surface area contributed by atoms with Crippen molar-refractivity contribution < 1.29 is 28.5 Å². The molecule has 4 aromatic rings. The number of unbranched alkanes of at least 4 members (excludes halogenated alkanes) is 3. The fourth-order valence-electron chi connectivity index (χ4n) is 5.73. The fourth-order valence-corrected chi connectivity index (χ4v) is 6.54. The van der Waals surface area contributed by atoms with E-state index in [1.807, 2.05) is 24.3 Å². The number of ether oxygens (including phenoxy) is 4. The van der Waals surface area contributed by atoms with Crippen LogP contribution in [0.5, 0.6) is 17.2 Å². The Morgan fingerprint density at radius 3 is 2.45 bits per heavy atom. The second-order valence-electron chi connectivity index (χ2n) is 12.1. The van der Waals surface area contributed by atoms with E-state index < -0.39 is 5.97 Å². The van der Waals surface area contributed by atoms with Gasteiger partial charge in [-0.15, -0.1) is 6.58 Å². The Bertz CT molecular complexity index is 1660. The molecular weight excluding hydrogens is 639 g/mol. The molecule has 0 atom stereocenters.